The summed E-state index contributed by atoms with van der Waals surface area (Å²) in [5.74, 6) is 0.0278. The van der Waals surface area contributed by atoms with Crippen LogP contribution in [0.4, 0.5) is 5.69 Å². The minimum absolute atomic E-state index is 0.0278. The van der Waals surface area contributed by atoms with Crippen LogP contribution < -0.4 is 4.90 Å². The maximum atomic E-state index is 12.1. The van der Waals surface area contributed by atoms with Crippen LogP contribution in [0.1, 0.15) is 23.7 Å². The number of carbonyl (C=O) groups is 1. The van der Waals surface area contributed by atoms with Crippen molar-refractivity contribution in [2.75, 3.05) is 44.2 Å². The number of aliphatic hydroxyl groups is 1. The summed E-state index contributed by atoms with van der Waals surface area (Å²) in [7, 11) is 0. The molecule has 1 saturated heterocycles. The number of hydrogen-bond acceptors (Lipinski definition) is 6. The third kappa shape index (κ3) is 5.52. The second-order valence-corrected chi connectivity index (χ2v) is 10.7. The minimum atomic E-state index is -0.607. The van der Waals surface area contributed by atoms with Crippen LogP contribution in [0.15, 0.2) is 42.5 Å². The van der Waals surface area contributed by atoms with Crippen molar-refractivity contribution in [1.29, 1.82) is 5.26 Å². The molecule has 198 valence electrons. The number of aromatic nitrogens is 2. The standard InChI is InChI=1S/C28H30Cl2N6O2/c1-19(37)35-9-8-27-23(18-35)28(20-6-7-24(29)25(30)14-20)32-36(27)17-22(38)16-33-10-12-34(13-11-33)26-5-3-2-4-21(26)15-31/h2-7,14,22,38H,8-13,16-18H2,1H3. The average molecular weight is 553 g/mol. The fourth-order valence-electron chi connectivity index (χ4n) is 5.36. The van der Waals surface area contributed by atoms with Crippen LogP contribution in [0.25, 0.3) is 11.3 Å². The summed E-state index contributed by atoms with van der Waals surface area (Å²) in [5.41, 5.74) is 5.28. The molecule has 1 unspecified atom stereocenters. The van der Waals surface area contributed by atoms with Gasteiger partial charge in [0.2, 0.25) is 5.91 Å². The molecule has 0 aliphatic carbocycles. The molecular weight excluding hydrogens is 523 g/mol. The molecule has 2 aliphatic rings. The lowest BCUT2D eigenvalue weighted by Crippen LogP contribution is -2.49. The molecule has 0 saturated carbocycles. The Morgan fingerprint density at radius 2 is 1.84 bits per heavy atom. The number of halogens is 2. The summed E-state index contributed by atoms with van der Waals surface area (Å²) in [6, 6.07) is 15.4. The summed E-state index contributed by atoms with van der Waals surface area (Å²) >= 11 is 12.4. The largest absolute Gasteiger partial charge is 0.390 e. The maximum Gasteiger partial charge on any atom is 0.219 e. The number of hydrogen-bond donors (Lipinski definition) is 1. The number of fused-ring (bicyclic) bond motifs is 1. The fourth-order valence-corrected chi connectivity index (χ4v) is 5.65. The fraction of sp³-hybridized carbons (Fsp3) is 0.393. The lowest BCUT2D eigenvalue weighted by atomic mass is 10.0. The van der Waals surface area contributed by atoms with Gasteiger partial charge in [-0.1, -0.05) is 41.4 Å². The number of rotatable bonds is 6. The van der Waals surface area contributed by atoms with Crippen molar-refractivity contribution in [3.05, 3.63) is 69.3 Å². The van der Waals surface area contributed by atoms with Gasteiger partial charge in [0.15, 0.2) is 0 Å². The highest BCUT2D eigenvalue weighted by Crippen LogP contribution is 2.34. The first-order chi connectivity index (χ1) is 18.3. The van der Waals surface area contributed by atoms with Crippen molar-refractivity contribution in [2.24, 2.45) is 0 Å². The third-order valence-electron chi connectivity index (χ3n) is 7.36. The molecule has 8 nitrogen and oxygen atoms in total. The van der Waals surface area contributed by atoms with Crippen LogP contribution in [-0.4, -0.2) is 76.0 Å². The van der Waals surface area contributed by atoms with Gasteiger partial charge in [-0.05, 0) is 24.3 Å². The third-order valence-corrected chi connectivity index (χ3v) is 8.10. The topological polar surface area (TPSA) is 88.6 Å². The Hall–Kier alpha value is -3.09. The molecule has 0 bridgehead atoms. The van der Waals surface area contributed by atoms with E-state index in [-0.39, 0.29) is 5.91 Å². The van der Waals surface area contributed by atoms with Gasteiger partial charge in [-0.25, -0.2) is 0 Å². The van der Waals surface area contributed by atoms with E-state index in [0.29, 0.717) is 48.2 Å². The molecule has 0 spiro atoms. The van der Waals surface area contributed by atoms with E-state index in [0.717, 1.165) is 54.4 Å². The molecule has 10 heteroatoms. The zero-order chi connectivity index (χ0) is 26.8. The summed E-state index contributed by atoms with van der Waals surface area (Å²) in [5, 5.41) is 26.3. The van der Waals surface area contributed by atoms with Crippen molar-refractivity contribution in [3.63, 3.8) is 0 Å². The quantitative estimate of drug-likeness (QED) is 0.500. The van der Waals surface area contributed by atoms with Gasteiger partial charge in [-0.15, -0.1) is 0 Å². The summed E-state index contributed by atoms with van der Waals surface area (Å²) in [6.07, 6.45) is 0.0665. The first-order valence-corrected chi connectivity index (χ1v) is 13.5. The SMILES string of the molecule is CC(=O)N1CCc2c(c(-c3ccc(Cl)c(Cl)c3)nn2CC(O)CN2CCN(c3ccccc3C#N)CC2)C1. The average Bonchev–Trinajstić information content (AvgIpc) is 3.28. The Balaban J connectivity index is 1.29. The molecule has 1 aromatic heterocycles. The van der Waals surface area contributed by atoms with E-state index in [2.05, 4.69) is 15.9 Å². The highest BCUT2D eigenvalue weighted by molar-refractivity contribution is 6.42. The van der Waals surface area contributed by atoms with E-state index in [1.807, 2.05) is 39.9 Å². The van der Waals surface area contributed by atoms with Gasteiger partial charge in [0, 0.05) is 76.0 Å². The highest BCUT2D eigenvalue weighted by Gasteiger charge is 2.28. The Morgan fingerprint density at radius 1 is 1.08 bits per heavy atom. The van der Waals surface area contributed by atoms with E-state index in [4.69, 9.17) is 28.3 Å². The van der Waals surface area contributed by atoms with E-state index < -0.39 is 6.10 Å². The molecule has 3 heterocycles. The van der Waals surface area contributed by atoms with E-state index in [1.165, 1.54) is 0 Å². The zero-order valence-electron chi connectivity index (χ0n) is 21.3. The van der Waals surface area contributed by atoms with E-state index in [1.54, 1.807) is 19.1 Å². The normalized spacial score (nSPS) is 16.7. The lowest BCUT2D eigenvalue weighted by Gasteiger charge is -2.37. The van der Waals surface area contributed by atoms with Gasteiger partial charge in [-0.3, -0.25) is 14.4 Å². The second kappa shape index (κ2) is 11.3. The molecule has 3 aromatic rings. The van der Waals surface area contributed by atoms with Crippen LogP contribution in [0, 0.1) is 11.3 Å². The lowest BCUT2D eigenvalue weighted by molar-refractivity contribution is -0.129. The molecule has 1 fully saturated rings. The molecule has 2 aliphatic heterocycles. The van der Waals surface area contributed by atoms with Gasteiger partial charge >= 0.3 is 0 Å². The van der Waals surface area contributed by atoms with E-state index in [9.17, 15) is 15.2 Å². The van der Waals surface area contributed by atoms with Crippen molar-refractivity contribution < 1.29 is 9.90 Å². The maximum absolute atomic E-state index is 12.1. The number of nitriles is 1. The monoisotopic (exact) mass is 552 g/mol. The summed E-state index contributed by atoms with van der Waals surface area (Å²) in [6.45, 7) is 6.77. The Bertz CT molecular complexity index is 1380. The molecule has 5 rings (SSSR count). The zero-order valence-corrected chi connectivity index (χ0v) is 22.8. The van der Waals surface area contributed by atoms with Gasteiger partial charge in [0.1, 0.15) is 6.07 Å². The summed E-state index contributed by atoms with van der Waals surface area (Å²) < 4.78 is 1.90. The van der Waals surface area contributed by atoms with Crippen molar-refractivity contribution in [1.82, 2.24) is 19.6 Å². The molecule has 0 radical (unpaired) electrons. The first-order valence-electron chi connectivity index (χ1n) is 12.8. The first kappa shape index (κ1) is 26.5. The van der Waals surface area contributed by atoms with E-state index >= 15 is 0 Å². The predicted octanol–water partition coefficient (Wildman–Crippen LogP) is 3.82. The molecule has 1 atom stereocenters. The second-order valence-electron chi connectivity index (χ2n) is 9.85. The highest BCUT2D eigenvalue weighted by atomic mass is 35.5. The minimum Gasteiger partial charge on any atom is -0.390 e. The van der Waals surface area contributed by atoms with Crippen LogP contribution in [0.2, 0.25) is 10.0 Å². The number of anilines is 1. The molecule has 2 aromatic carbocycles. The van der Waals surface area contributed by atoms with Crippen LogP contribution >= 0.6 is 23.2 Å². The molecule has 1 N–H and O–H groups in total. The number of aliphatic hydroxyl groups excluding tert-OH is 1. The van der Waals surface area contributed by atoms with Gasteiger partial charge in [-0.2, -0.15) is 10.4 Å². The van der Waals surface area contributed by atoms with Crippen molar-refractivity contribution >= 4 is 34.8 Å². The number of carbonyl (C=O) groups excluding carboxylic acids is 1. The van der Waals surface area contributed by atoms with Gasteiger partial charge in [0.25, 0.3) is 0 Å². The molecule has 38 heavy (non-hydrogen) atoms. The number of amides is 1. The Kier molecular flexibility index (Phi) is 7.91. The Morgan fingerprint density at radius 3 is 2.55 bits per heavy atom. The number of para-hydroxylation sites is 1. The van der Waals surface area contributed by atoms with Crippen LogP contribution in [0.5, 0.6) is 0 Å². The van der Waals surface area contributed by atoms with Crippen molar-refractivity contribution in [3.8, 4) is 17.3 Å². The molecule has 1 amide bonds. The van der Waals surface area contributed by atoms with Gasteiger partial charge < -0.3 is 14.9 Å². The summed E-state index contributed by atoms with van der Waals surface area (Å²) in [4.78, 5) is 18.4. The number of benzene rings is 2. The number of β-amino-alcohol motifs (C(OH)–C–C–N with tert-alkyl or cyclic N) is 1. The smallest absolute Gasteiger partial charge is 0.219 e. The molecular formula is C28H30Cl2N6O2. The van der Waals surface area contributed by atoms with Crippen LogP contribution in [-0.2, 0) is 24.3 Å². The predicted molar refractivity (Wildman–Crippen MR) is 148 cm³/mol. The number of nitrogens with zero attached hydrogens (tertiary/aromatic N) is 6. The van der Waals surface area contributed by atoms with Crippen molar-refractivity contribution in [2.45, 2.75) is 32.5 Å². The Labute approximate surface area is 232 Å². The number of piperazine rings is 1. The van der Waals surface area contributed by atoms with Gasteiger partial charge in [0.05, 0.1) is 39.6 Å². The van der Waals surface area contributed by atoms with Crippen LogP contribution in [0.3, 0.4) is 0 Å².